The molecule has 0 saturated heterocycles. The largest absolute Gasteiger partial charge is 0.340 e. The minimum atomic E-state index is -4.34. The van der Waals surface area contributed by atoms with Crippen molar-refractivity contribution in [2.45, 2.75) is 22.3 Å². The van der Waals surface area contributed by atoms with Crippen molar-refractivity contribution in [3.05, 3.63) is 86.7 Å². The summed E-state index contributed by atoms with van der Waals surface area (Å²) in [6, 6.07) is 7.84. The Balaban J connectivity index is 1.45. The van der Waals surface area contributed by atoms with E-state index in [0.29, 0.717) is 17.1 Å². The van der Waals surface area contributed by atoms with Crippen LogP contribution in [0.3, 0.4) is 0 Å². The Morgan fingerprint density at radius 3 is 2.62 bits per heavy atom. The second-order valence-corrected chi connectivity index (χ2v) is 11.7. The van der Waals surface area contributed by atoms with Crippen molar-refractivity contribution in [3.8, 4) is 0 Å². The van der Waals surface area contributed by atoms with E-state index in [2.05, 4.69) is 18.5 Å². The normalized spacial score (nSPS) is 17.1. The van der Waals surface area contributed by atoms with Gasteiger partial charge in [-0.2, -0.15) is 21.6 Å². The average molecular weight is 590 g/mol. The van der Waals surface area contributed by atoms with E-state index in [-0.39, 0.29) is 36.6 Å². The number of benzene rings is 2. The Morgan fingerprint density at radius 2 is 1.89 bits per heavy atom. The summed E-state index contributed by atoms with van der Waals surface area (Å²) >= 11 is 14.1. The maximum absolute atomic E-state index is 13.1. The molecule has 2 aliphatic rings. The Hall–Kier alpha value is -3.12. The number of allylic oxidation sites excluding steroid dienone is 1. The number of Topliss-reactive ketones (excluding diaryl/α,β-unsaturated/α-hetero) is 1. The van der Waals surface area contributed by atoms with Crippen LogP contribution in [0, 0.1) is 5.41 Å². The molecule has 0 radical (unpaired) electrons. The molecule has 2 heterocycles. The van der Waals surface area contributed by atoms with Gasteiger partial charge in [-0.3, -0.25) is 15.0 Å². The first-order valence-electron chi connectivity index (χ1n) is 10.4. The third-order valence-electron chi connectivity index (χ3n) is 5.44. The van der Waals surface area contributed by atoms with E-state index >= 15 is 0 Å². The number of hydrogen-bond donors (Lipinski definition) is 2. The van der Waals surface area contributed by atoms with E-state index in [0.717, 1.165) is 35.3 Å². The molecule has 5 rings (SSSR count). The lowest BCUT2D eigenvalue weighted by atomic mass is 10.0. The molecule has 9 nitrogen and oxygen atoms in total. The molecule has 0 bridgehead atoms. The number of sulfonamides is 1. The van der Waals surface area contributed by atoms with Crippen LogP contribution in [0.15, 0.2) is 68.3 Å². The van der Waals surface area contributed by atoms with Crippen molar-refractivity contribution in [1.82, 2.24) is 14.1 Å². The van der Waals surface area contributed by atoms with E-state index in [9.17, 15) is 18.0 Å². The van der Waals surface area contributed by atoms with Gasteiger partial charge in [0.05, 0.1) is 34.1 Å². The van der Waals surface area contributed by atoms with Gasteiger partial charge in [0.15, 0.2) is 0 Å². The van der Waals surface area contributed by atoms with Crippen molar-refractivity contribution < 1.29 is 18.0 Å². The lowest BCUT2D eigenvalue weighted by molar-refractivity contribution is 0.0942. The first-order chi connectivity index (χ1) is 17.7. The Morgan fingerprint density at radius 1 is 1.14 bits per heavy atom. The topological polar surface area (TPSA) is 142 Å². The summed E-state index contributed by atoms with van der Waals surface area (Å²) in [5, 5.41) is 10.6. The number of carbonyl (C=O) groups is 2. The molecule has 3 aromatic rings. The van der Waals surface area contributed by atoms with Crippen molar-refractivity contribution in [3.63, 3.8) is 0 Å². The predicted molar refractivity (Wildman–Crippen MR) is 142 cm³/mol. The summed E-state index contributed by atoms with van der Waals surface area (Å²) in [5.74, 6) is 0.759. The van der Waals surface area contributed by atoms with Crippen LogP contribution in [0.1, 0.15) is 38.1 Å². The Labute approximate surface area is 229 Å². The van der Waals surface area contributed by atoms with Gasteiger partial charge in [-0.05, 0) is 42.3 Å². The maximum Gasteiger partial charge on any atom is 0.284 e. The predicted octanol–water partition coefficient (Wildman–Crippen LogP) is 4.68. The monoisotopic (exact) mass is 589 g/mol. The van der Waals surface area contributed by atoms with Crippen LogP contribution in [-0.2, 0) is 16.4 Å². The number of aromatic nitrogens is 2. The van der Waals surface area contributed by atoms with Crippen molar-refractivity contribution in [2.75, 3.05) is 0 Å². The number of halogens is 2. The van der Waals surface area contributed by atoms with Gasteiger partial charge in [0.25, 0.3) is 15.9 Å². The minimum Gasteiger partial charge on any atom is -0.340 e. The number of hydrogen-bond acceptors (Lipinski definition) is 9. The lowest BCUT2D eigenvalue weighted by Crippen LogP contribution is -2.30. The summed E-state index contributed by atoms with van der Waals surface area (Å²) in [6.07, 6.45) is 4.25. The van der Waals surface area contributed by atoms with Gasteiger partial charge in [0, 0.05) is 21.9 Å². The number of thioether (sulfide) groups is 1. The van der Waals surface area contributed by atoms with Gasteiger partial charge in [-0.15, -0.1) is 0 Å². The van der Waals surface area contributed by atoms with Crippen molar-refractivity contribution in [2.24, 2.45) is 4.40 Å². The highest BCUT2D eigenvalue weighted by molar-refractivity contribution is 8.16. The molecule has 186 valence electrons. The molecule has 1 aromatic heterocycles. The highest BCUT2D eigenvalue weighted by atomic mass is 35.5. The number of ketones is 1. The molecule has 2 aromatic carbocycles. The quantitative estimate of drug-likeness (QED) is 0.190. The molecule has 1 atom stereocenters. The second-order valence-electron chi connectivity index (χ2n) is 7.77. The first kappa shape index (κ1) is 25.5. The fraction of sp³-hybridized carbons (Fsp3) is 0.0870. The molecule has 0 fully saturated rings. The van der Waals surface area contributed by atoms with Crippen LogP contribution in [0.4, 0.5) is 0 Å². The number of carbonyl (C=O) groups excluding carboxylic acids is 2. The molecule has 1 unspecified atom stereocenters. The van der Waals surface area contributed by atoms with Gasteiger partial charge in [0.2, 0.25) is 5.78 Å². The van der Waals surface area contributed by atoms with Crippen LogP contribution in [0.2, 0.25) is 10.0 Å². The zero-order chi connectivity index (χ0) is 26.3. The van der Waals surface area contributed by atoms with E-state index in [1.807, 2.05) is 11.9 Å². The second kappa shape index (κ2) is 9.97. The van der Waals surface area contributed by atoms with Gasteiger partial charge in [0.1, 0.15) is 21.2 Å². The van der Waals surface area contributed by atoms with E-state index in [1.54, 1.807) is 6.08 Å². The van der Waals surface area contributed by atoms with Crippen molar-refractivity contribution >= 4 is 79.3 Å². The summed E-state index contributed by atoms with van der Waals surface area (Å²) < 4.78 is 38.3. The fourth-order valence-electron chi connectivity index (χ4n) is 3.65. The zero-order valence-corrected chi connectivity index (χ0v) is 22.3. The standard InChI is InChI=1S/C23H13Cl2N5O4S3/c24-12-6-4-11(5-7-12)21(31)14(10-26)23-30-37(33,34)19-8-13(15(25)9-18(19)35-23)22(32)27-16-2-1-3-17-20(16)29-36-28-17/h1-2,4-9,16,26H,3H2,(H,27,32). The molecule has 0 saturated carbocycles. The molecule has 1 amide bonds. The number of fused-ring (bicyclic) bond motifs is 2. The number of nitrogens with one attached hydrogen (secondary N) is 2. The van der Waals surface area contributed by atoms with Crippen molar-refractivity contribution in [1.29, 1.82) is 5.41 Å². The third-order valence-corrected chi connectivity index (χ3v) is 9.20. The highest BCUT2D eigenvalue weighted by Gasteiger charge is 2.33. The molecule has 1 aliphatic carbocycles. The molecular formula is C23H13Cl2N5O4S3. The van der Waals surface area contributed by atoms with E-state index < -0.39 is 27.8 Å². The molecule has 37 heavy (non-hydrogen) atoms. The maximum atomic E-state index is 13.1. The van der Waals surface area contributed by atoms with E-state index in [4.69, 9.17) is 28.6 Å². The van der Waals surface area contributed by atoms with Crippen LogP contribution >= 0.6 is 46.7 Å². The Kier molecular flexibility index (Phi) is 6.88. The summed E-state index contributed by atoms with van der Waals surface area (Å²) in [4.78, 5) is 25.9. The molecule has 1 aliphatic heterocycles. The fourth-order valence-corrected chi connectivity index (χ4v) is 7.37. The average Bonchev–Trinajstić information content (AvgIpc) is 3.34. The van der Waals surface area contributed by atoms with Gasteiger partial charge in [-0.1, -0.05) is 47.1 Å². The molecule has 14 heteroatoms. The summed E-state index contributed by atoms with van der Waals surface area (Å²) in [5.41, 5.74) is 1.18. The zero-order valence-electron chi connectivity index (χ0n) is 18.4. The van der Waals surface area contributed by atoms with Crippen LogP contribution in [0.25, 0.3) is 0 Å². The van der Waals surface area contributed by atoms with Crippen LogP contribution in [-0.4, -0.2) is 39.8 Å². The highest BCUT2D eigenvalue weighted by Crippen LogP contribution is 2.39. The number of amides is 1. The number of nitrogens with zero attached hydrogens (tertiary/aromatic N) is 3. The van der Waals surface area contributed by atoms with Crippen LogP contribution in [0.5, 0.6) is 0 Å². The summed E-state index contributed by atoms with van der Waals surface area (Å²) in [7, 11) is -4.34. The molecule has 2 N–H and O–H groups in total. The lowest BCUT2D eigenvalue weighted by Gasteiger charge is -2.20. The van der Waals surface area contributed by atoms with Gasteiger partial charge < -0.3 is 5.32 Å². The Bertz CT molecular complexity index is 1690. The molecule has 0 spiro atoms. The molecular weight excluding hydrogens is 577 g/mol. The van der Waals surface area contributed by atoms with E-state index in [1.165, 1.54) is 30.3 Å². The third kappa shape index (κ3) is 4.91. The van der Waals surface area contributed by atoms with Gasteiger partial charge in [-0.25, -0.2) is 0 Å². The SMILES string of the molecule is N=C=C(C(=O)c1ccc(Cl)cc1)C1=NS(=O)(=O)c2cc(C(=O)NC3C=CCc4nsnc43)c(Cl)cc2S1. The smallest absolute Gasteiger partial charge is 0.284 e. The number of rotatable bonds is 5. The summed E-state index contributed by atoms with van der Waals surface area (Å²) in [6.45, 7) is 0. The first-order valence-corrected chi connectivity index (χ1v) is 14.2. The minimum absolute atomic E-state index is 0.000950. The van der Waals surface area contributed by atoms with Gasteiger partial charge >= 0.3 is 0 Å². The van der Waals surface area contributed by atoms with Crippen LogP contribution < -0.4 is 5.32 Å².